The summed E-state index contributed by atoms with van der Waals surface area (Å²) in [5.41, 5.74) is 0.207. The summed E-state index contributed by atoms with van der Waals surface area (Å²) in [6, 6.07) is 45.7. The van der Waals surface area contributed by atoms with Gasteiger partial charge in [0.1, 0.15) is 0 Å². The molecule has 69 heavy (non-hydrogen) atoms. The molecule has 1 saturated heterocycles. The van der Waals surface area contributed by atoms with Gasteiger partial charge in [-0.3, -0.25) is 0 Å². The average molecular weight is 959 g/mol. The van der Waals surface area contributed by atoms with E-state index < -0.39 is 78.6 Å². The first kappa shape index (κ1) is 52.3. The first-order chi connectivity index (χ1) is 32.7. The van der Waals surface area contributed by atoms with Gasteiger partial charge in [-0.2, -0.15) is 0 Å². The van der Waals surface area contributed by atoms with Crippen molar-refractivity contribution in [2.24, 2.45) is 11.8 Å². The van der Waals surface area contributed by atoms with Crippen LogP contribution in [0.25, 0.3) is 0 Å². The Hall–Kier alpha value is -6.07. The molecule has 0 saturated carbocycles. The number of hydrogen-bond donors (Lipinski definition) is 4. The normalized spacial score (nSPS) is 18.9. The maximum atomic E-state index is 15.0. The second-order valence-electron chi connectivity index (χ2n) is 20.4. The zero-order valence-electron chi connectivity index (χ0n) is 41.7. The van der Waals surface area contributed by atoms with Crippen LogP contribution < -0.4 is 37.2 Å². The molecule has 0 aliphatic carbocycles. The van der Waals surface area contributed by atoms with E-state index in [0.717, 1.165) is 27.0 Å². The second-order valence-corrected chi connectivity index (χ2v) is 24.3. The predicted molar refractivity (Wildman–Crippen MR) is 275 cm³/mol. The van der Waals surface area contributed by atoms with Crippen molar-refractivity contribution >= 4 is 47.0 Å². The number of rotatable bonds is 17. The Morgan fingerprint density at radius 3 is 1.00 bits per heavy atom. The van der Waals surface area contributed by atoms with Gasteiger partial charge in [-0.05, 0) is 0 Å². The van der Waals surface area contributed by atoms with Crippen LogP contribution in [0.15, 0.2) is 152 Å². The SMILES string of the molecule is CC(C)[C@H](NC(=O)OC(C)(C)C)C(=O)N[C@@H](Cc1ccccc1)[C@H]1OP(c2ccccc2)(c2ccccc2)(c2ccccc2)O[C@@H]1[C@H](Cc1ccccc1)NC(=O)[C@@H](NC(=O)OC(C)(C)C)C(C)C. The van der Waals surface area contributed by atoms with Gasteiger partial charge in [0.2, 0.25) is 0 Å². The number of alkyl carbamates (subject to hydrolysis) is 2. The van der Waals surface area contributed by atoms with Gasteiger partial charge in [-0.1, -0.05) is 0 Å². The van der Waals surface area contributed by atoms with Crippen molar-refractivity contribution in [1.82, 2.24) is 21.3 Å². The number of nitrogens with one attached hydrogen (secondary N) is 4. The number of carbonyl (C=O) groups is 4. The molecule has 0 unspecified atom stereocenters. The maximum absolute atomic E-state index is 15.0. The Morgan fingerprint density at radius 1 is 0.464 bits per heavy atom. The Balaban J connectivity index is 1.61. The average Bonchev–Trinajstić information content (AvgIpc) is 3.69. The molecule has 13 heteroatoms. The minimum absolute atomic E-state index is 0.278. The van der Waals surface area contributed by atoms with E-state index in [9.17, 15) is 9.59 Å². The van der Waals surface area contributed by atoms with E-state index in [2.05, 4.69) is 21.3 Å². The summed E-state index contributed by atoms with van der Waals surface area (Å²) < 4.78 is 27.5. The van der Waals surface area contributed by atoms with E-state index in [4.69, 9.17) is 18.5 Å². The van der Waals surface area contributed by atoms with Crippen LogP contribution in [0.4, 0.5) is 9.59 Å². The Labute approximate surface area is 408 Å². The number of ether oxygens (including phenoxy) is 2. The van der Waals surface area contributed by atoms with E-state index in [0.29, 0.717) is 0 Å². The van der Waals surface area contributed by atoms with Crippen molar-refractivity contribution in [3.05, 3.63) is 163 Å². The Bertz CT molecular complexity index is 2250. The summed E-state index contributed by atoms with van der Waals surface area (Å²) in [5, 5.41) is 14.8. The van der Waals surface area contributed by atoms with E-state index in [1.54, 1.807) is 41.5 Å². The number of hydrogen-bond acceptors (Lipinski definition) is 8. The Kier molecular flexibility index (Phi) is 16.8. The minimum atomic E-state index is -4.63. The van der Waals surface area contributed by atoms with Crippen LogP contribution in [0.3, 0.4) is 0 Å². The molecule has 4 amide bonds. The molecule has 5 aromatic rings. The number of benzene rings is 5. The molecule has 0 bridgehead atoms. The monoisotopic (exact) mass is 959 g/mol. The molecule has 4 N–H and O–H groups in total. The molecule has 1 heterocycles. The third kappa shape index (κ3) is 12.8. The van der Waals surface area contributed by atoms with Gasteiger partial charge in [0.05, 0.1) is 0 Å². The van der Waals surface area contributed by atoms with Gasteiger partial charge in [-0.15, -0.1) is 0 Å². The molecule has 6 rings (SSSR count). The quantitative estimate of drug-likeness (QED) is 0.0676. The third-order valence-electron chi connectivity index (χ3n) is 11.9. The predicted octanol–water partition coefficient (Wildman–Crippen LogP) is 8.68. The van der Waals surface area contributed by atoms with Crippen molar-refractivity contribution in [3.8, 4) is 0 Å². The van der Waals surface area contributed by atoms with Crippen LogP contribution >= 0.6 is 7.06 Å². The van der Waals surface area contributed by atoms with E-state index in [1.165, 1.54) is 0 Å². The fraction of sp³-hybridized carbons (Fsp3) is 0.393. The molecular formula is C56H71N4O8P. The van der Waals surface area contributed by atoms with Crippen LogP contribution in [0.2, 0.25) is 0 Å². The van der Waals surface area contributed by atoms with E-state index >= 15 is 9.59 Å². The summed E-state index contributed by atoms with van der Waals surface area (Å²) in [7, 11) is -4.63. The Morgan fingerprint density at radius 2 is 0.739 bits per heavy atom. The van der Waals surface area contributed by atoms with Gasteiger partial charge in [-0.25, -0.2) is 0 Å². The molecule has 0 aromatic heterocycles. The van der Waals surface area contributed by atoms with Crippen LogP contribution in [0.1, 0.15) is 80.4 Å². The van der Waals surface area contributed by atoms with Crippen LogP contribution in [0, 0.1) is 11.8 Å². The molecular weight excluding hydrogens is 888 g/mol. The van der Waals surface area contributed by atoms with Gasteiger partial charge in [0.15, 0.2) is 0 Å². The summed E-state index contributed by atoms with van der Waals surface area (Å²) in [4.78, 5) is 56.7. The summed E-state index contributed by atoms with van der Waals surface area (Å²) in [5.74, 6) is -1.59. The first-order valence-corrected chi connectivity index (χ1v) is 26.0. The molecule has 0 spiro atoms. The van der Waals surface area contributed by atoms with Gasteiger partial charge in [0, 0.05) is 0 Å². The van der Waals surface area contributed by atoms with Crippen molar-refractivity contribution in [2.75, 3.05) is 0 Å². The molecule has 368 valence electrons. The first-order valence-electron chi connectivity index (χ1n) is 23.9. The zero-order valence-corrected chi connectivity index (χ0v) is 42.6. The van der Waals surface area contributed by atoms with Gasteiger partial charge < -0.3 is 0 Å². The molecule has 12 nitrogen and oxygen atoms in total. The van der Waals surface area contributed by atoms with Crippen LogP contribution in [-0.2, 0) is 41.0 Å². The molecule has 6 atom stereocenters. The molecule has 1 aliphatic rings. The molecule has 5 aromatic carbocycles. The van der Waals surface area contributed by atoms with Crippen LogP contribution in [-0.4, -0.2) is 71.6 Å². The van der Waals surface area contributed by atoms with E-state index in [1.807, 2.05) is 179 Å². The number of carbonyl (C=O) groups excluding carboxylic acids is 4. The van der Waals surface area contributed by atoms with Crippen LogP contribution in [0.5, 0.6) is 0 Å². The summed E-state index contributed by atoms with van der Waals surface area (Å²) in [6.07, 6.45) is -2.84. The zero-order chi connectivity index (χ0) is 50.0. The molecule has 1 fully saturated rings. The summed E-state index contributed by atoms with van der Waals surface area (Å²) >= 11 is 0. The van der Waals surface area contributed by atoms with Crippen molar-refractivity contribution in [1.29, 1.82) is 0 Å². The van der Waals surface area contributed by atoms with Crippen molar-refractivity contribution in [3.63, 3.8) is 0 Å². The third-order valence-corrected chi connectivity index (χ3v) is 16.9. The standard InChI is InChI=1S/C56H71N4O8P/c1-38(2)47(59-53(63)65-55(5,6)7)51(61)57-45(36-40-26-16-11-17-27-40)49-50(46(37-41-28-18-12-19-29-41)58-52(62)48(39(3)4)60-54(64)66-56(8,9)10)68-69(67-49,42-30-20-13-21-31-42,43-32-22-14-23-33-43)44-34-24-15-25-35-44/h11-35,38-39,45-50H,36-37H2,1-10H3,(H,57,61)(H,58,62)(H,59,63)(H,60,64)/t45-,46-,47-,48-,49+,50+/m0/s1. The fourth-order valence-corrected chi connectivity index (χ4v) is 14.1. The molecule has 0 radical (unpaired) electrons. The van der Waals surface area contributed by atoms with Crippen molar-refractivity contribution in [2.45, 2.75) is 130 Å². The van der Waals surface area contributed by atoms with Crippen molar-refractivity contribution < 1.29 is 37.7 Å². The fourth-order valence-electron chi connectivity index (χ4n) is 8.84. The topological polar surface area (TPSA) is 153 Å². The van der Waals surface area contributed by atoms with Gasteiger partial charge in [0.25, 0.3) is 0 Å². The second kappa shape index (κ2) is 22.1. The molecule has 1 aliphatic heterocycles. The summed E-state index contributed by atoms with van der Waals surface area (Å²) in [6.45, 7) is 18.1. The number of amides is 4. The van der Waals surface area contributed by atoms with Gasteiger partial charge >= 0.3 is 410 Å². The van der Waals surface area contributed by atoms with E-state index in [-0.39, 0.29) is 24.7 Å².